The average molecular weight is 469 g/mol. The first-order valence-electron chi connectivity index (χ1n) is 12.0. The zero-order valence-electron chi connectivity index (χ0n) is 19.2. The molecular formula is C22H36N4O5S. The fraction of sp³-hybridized carbons (Fsp3) is 0.818. The van der Waals surface area contributed by atoms with E-state index in [1.54, 1.807) is 10.4 Å². The minimum absolute atomic E-state index is 0.0646. The lowest BCUT2D eigenvalue weighted by Crippen LogP contribution is -2.57. The molecule has 180 valence electrons. The van der Waals surface area contributed by atoms with Gasteiger partial charge in [-0.2, -0.15) is 4.31 Å². The molecule has 0 radical (unpaired) electrons. The van der Waals surface area contributed by atoms with Crippen LogP contribution in [0.2, 0.25) is 0 Å². The number of rotatable bonds is 9. The lowest BCUT2D eigenvalue weighted by Gasteiger charge is -2.43. The van der Waals surface area contributed by atoms with Gasteiger partial charge in [0.1, 0.15) is 5.76 Å². The highest BCUT2D eigenvalue weighted by Crippen LogP contribution is 2.40. The third kappa shape index (κ3) is 5.52. The molecule has 3 fully saturated rings. The van der Waals surface area contributed by atoms with Crippen molar-refractivity contribution in [2.45, 2.75) is 64.0 Å². The number of carbonyl (C=O) groups excluding carboxylic acids is 1. The van der Waals surface area contributed by atoms with Crippen molar-refractivity contribution in [2.24, 2.45) is 5.92 Å². The highest BCUT2D eigenvalue weighted by Gasteiger charge is 2.40. The maximum absolute atomic E-state index is 13.2. The molecule has 1 aliphatic carbocycles. The molecule has 3 heterocycles. The molecule has 1 aromatic heterocycles. The van der Waals surface area contributed by atoms with Crippen LogP contribution in [0.5, 0.6) is 0 Å². The second-order valence-corrected chi connectivity index (χ2v) is 11.3. The average Bonchev–Trinajstić information content (AvgIpc) is 3.54. The first-order valence-corrected chi connectivity index (χ1v) is 13.6. The van der Waals surface area contributed by atoms with Crippen LogP contribution in [-0.4, -0.2) is 85.9 Å². The fourth-order valence-corrected chi connectivity index (χ4v) is 6.63. The molecule has 3 unspecified atom stereocenters. The summed E-state index contributed by atoms with van der Waals surface area (Å²) >= 11 is 0. The van der Waals surface area contributed by atoms with Crippen molar-refractivity contribution < 1.29 is 22.5 Å². The summed E-state index contributed by atoms with van der Waals surface area (Å²) in [5, 5.41) is 7.07. The van der Waals surface area contributed by atoms with Crippen molar-refractivity contribution in [3.63, 3.8) is 0 Å². The van der Waals surface area contributed by atoms with E-state index in [-0.39, 0.29) is 29.7 Å². The van der Waals surface area contributed by atoms with Crippen LogP contribution in [0, 0.1) is 5.92 Å². The summed E-state index contributed by atoms with van der Waals surface area (Å²) in [6.45, 7) is 7.92. The fourth-order valence-electron chi connectivity index (χ4n) is 4.80. The van der Waals surface area contributed by atoms with Crippen LogP contribution in [0.25, 0.3) is 0 Å². The third-order valence-corrected chi connectivity index (χ3v) is 8.96. The summed E-state index contributed by atoms with van der Waals surface area (Å²) in [6.07, 6.45) is 4.30. The van der Waals surface area contributed by atoms with Gasteiger partial charge >= 0.3 is 0 Å². The zero-order chi connectivity index (χ0) is 22.7. The Bertz CT molecular complexity index is 879. The maximum Gasteiger partial charge on any atom is 0.273 e. The predicted molar refractivity (Wildman–Crippen MR) is 120 cm³/mol. The van der Waals surface area contributed by atoms with Crippen LogP contribution in [-0.2, 0) is 14.8 Å². The molecule has 32 heavy (non-hydrogen) atoms. The number of amides is 1. The molecule has 1 aromatic rings. The van der Waals surface area contributed by atoms with Gasteiger partial charge in [-0.1, -0.05) is 25.4 Å². The second-order valence-electron chi connectivity index (χ2n) is 9.27. The van der Waals surface area contributed by atoms with Gasteiger partial charge in [0.05, 0.1) is 19.0 Å². The number of morpholine rings is 1. The lowest BCUT2D eigenvalue weighted by atomic mass is 9.86. The number of aromatic nitrogens is 1. The Labute approximate surface area is 190 Å². The molecule has 0 bridgehead atoms. The van der Waals surface area contributed by atoms with Gasteiger partial charge in [-0.15, -0.1) is 0 Å². The summed E-state index contributed by atoms with van der Waals surface area (Å²) in [6, 6.07) is 1.55. The molecule has 0 spiro atoms. The van der Waals surface area contributed by atoms with E-state index >= 15 is 0 Å². The van der Waals surface area contributed by atoms with Crippen LogP contribution in [0.4, 0.5) is 0 Å². The number of nitrogens with one attached hydrogen (secondary N) is 1. The molecule has 3 aliphatic rings. The number of piperidine rings is 1. The van der Waals surface area contributed by atoms with Gasteiger partial charge in [-0.3, -0.25) is 9.69 Å². The molecule has 2 saturated heterocycles. The van der Waals surface area contributed by atoms with Gasteiger partial charge in [0.25, 0.3) is 5.91 Å². The van der Waals surface area contributed by atoms with Crippen LogP contribution < -0.4 is 5.32 Å². The van der Waals surface area contributed by atoms with Gasteiger partial charge < -0.3 is 14.6 Å². The molecule has 0 aromatic carbocycles. The number of carbonyl (C=O) groups is 1. The Balaban J connectivity index is 1.38. The number of hydrogen-bond acceptors (Lipinski definition) is 7. The molecule has 3 atom stereocenters. The second kappa shape index (κ2) is 10.2. The first kappa shape index (κ1) is 23.7. The molecule has 1 amide bonds. The van der Waals surface area contributed by atoms with Crippen molar-refractivity contribution in [3.8, 4) is 0 Å². The van der Waals surface area contributed by atoms with Gasteiger partial charge in [0.15, 0.2) is 5.69 Å². The smallest absolute Gasteiger partial charge is 0.273 e. The quantitative estimate of drug-likeness (QED) is 0.589. The van der Waals surface area contributed by atoms with Gasteiger partial charge in [0, 0.05) is 50.2 Å². The first-order chi connectivity index (χ1) is 15.4. The van der Waals surface area contributed by atoms with Crippen molar-refractivity contribution in [1.29, 1.82) is 0 Å². The number of hydrogen-bond donors (Lipinski definition) is 1. The summed E-state index contributed by atoms with van der Waals surface area (Å²) in [4.78, 5) is 15.0. The van der Waals surface area contributed by atoms with Gasteiger partial charge in [-0.25, -0.2) is 8.42 Å². The Morgan fingerprint density at radius 2 is 1.97 bits per heavy atom. The molecular weight excluding hydrogens is 432 g/mol. The monoisotopic (exact) mass is 468 g/mol. The van der Waals surface area contributed by atoms with Crippen molar-refractivity contribution in [3.05, 3.63) is 17.5 Å². The Morgan fingerprint density at radius 3 is 2.62 bits per heavy atom. The number of ether oxygens (including phenoxy) is 1. The normalized spacial score (nSPS) is 28.0. The van der Waals surface area contributed by atoms with E-state index in [1.165, 1.54) is 0 Å². The minimum atomic E-state index is -3.38. The van der Waals surface area contributed by atoms with Crippen LogP contribution in [0.15, 0.2) is 10.6 Å². The molecule has 2 aliphatic heterocycles. The highest BCUT2D eigenvalue weighted by atomic mass is 32.2. The Kier molecular flexibility index (Phi) is 7.54. The summed E-state index contributed by atoms with van der Waals surface area (Å²) < 4.78 is 38.9. The van der Waals surface area contributed by atoms with E-state index in [0.29, 0.717) is 44.3 Å². The predicted octanol–water partition coefficient (Wildman–Crippen LogP) is 1.82. The highest BCUT2D eigenvalue weighted by molar-refractivity contribution is 7.89. The molecule has 4 rings (SSSR count). The molecule has 10 heteroatoms. The lowest BCUT2D eigenvalue weighted by molar-refractivity contribution is 0.0405. The summed E-state index contributed by atoms with van der Waals surface area (Å²) in [7, 11) is -3.38. The van der Waals surface area contributed by atoms with E-state index in [0.717, 1.165) is 44.5 Å². The number of sulfonamides is 1. The van der Waals surface area contributed by atoms with Crippen molar-refractivity contribution >= 4 is 15.9 Å². The summed E-state index contributed by atoms with van der Waals surface area (Å²) in [5.74, 6) is 1.15. The van der Waals surface area contributed by atoms with Gasteiger partial charge in [0.2, 0.25) is 10.0 Å². The molecule has 1 N–H and O–H groups in total. The van der Waals surface area contributed by atoms with Gasteiger partial charge in [-0.05, 0) is 31.6 Å². The Hall–Kier alpha value is -1.49. The van der Waals surface area contributed by atoms with Crippen LogP contribution in [0.1, 0.15) is 68.1 Å². The minimum Gasteiger partial charge on any atom is -0.379 e. The molecule has 9 nitrogen and oxygen atoms in total. The van der Waals surface area contributed by atoms with E-state index in [4.69, 9.17) is 9.26 Å². The Morgan fingerprint density at radius 1 is 1.22 bits per heavy atom. The van der Waals surface area contributed by atoms with Crippen molar-refractivity contribution in [2.75, 3.05) is 45.1 Å². The van der Waals surface area contributed by atoms with E-state index in [1.807, 2.05) is 6.92 Å². The third-order valence-electron chi connectivity index (χ3n) is 7.10. The van der Waals surface area contributed by atoms with Crippen LogP contribution >= 0.6 is 0 Å². The SMILES string of the molecule is CCC1CN(S(=O)(=O)CCN2CCOCC2)C(CC)CC1NC(=O)c1cc(C2CC2)on1. The summed E-state index contributed by atoms with van der Waals surface area (Å²) in [5.41, 5.74) is 0.315. The number of nitrogens with zero attached hydrogens (tertiary/aromatic N) is 3. The standard InChI is InChI=1S/C22H36N4O5S/c1-3-16-15-26(32(28,29)12-9-25-7-10-30-11-8-25)18(4-2)13-19(16)23-22(27)20-14-21(31-24-20)17-5-6-17/h14,16-19H,3-13,15H2,1-2H3,(H,23,27). The van der Waals surface area contributed by atoms with E-state index in [2.05, 4.69) is 22.3 Å². The molecule has 1 saturated carbocycles. The van der Waals surface area contributed by atoms with Crippen molar-refractivity contribution in [1.82, 2.24) is 19.7 Å². The topological polar surface area (TPSA) is 105 Å². The van der Waals surface area contributed by atoms with E-state index < -0.39 is 10.0 Å². The van der Waals surface area contributed by atoms with Crippen LogP contribution in [0.3, 0.4) is 0 Å². The largest absolute Gasteiger partial charge is 0.379 e. The zero-order valence-corrected chi connectivity index (χ0v) is 20.0. The van der Waals surface area contributed by atoms with E-state index in [9.17, 15) is 13.2 Å². The maximum atomic E-state index is 13.2.